The van der Waals surface area contributed by atoms with Crippen molar-refractivity contribution in [2.45, 2.75) is 45.3 Å². The highest BCUT2D eigenvalue weighted by Gasteiger charge is 2.31. The second-order valence-corrected chi connectivity index (χ2v) is 7.73. The summed E-state index contributed by atoms with van der Waals surface area (Å²) in [7, 11) is 1.21. The van der Waals surface area contributed by atoms with Crippen LogP contribution in [-0.4, -0.2) is 48.0 Å². The predicted octanol–water partition coefficient (Wildman–Crippen LogP) is 2.68. The Morgan fingerprint density at radius 3 is 2.37 bits per heavy atom. The summed E-state index contributed by atoms with van der Waals surface area (Å²) >= 11 is 0.902. The number of thioether (sulfide) groups is 1. The average molecular weight is 436 g/mol. The fourth-order valence-corrected chi connectivity index (χ4v) is 3.93. The third-order valence-corrected chi connectivity index (χ3v) is 5.39. The Hall–Kier alpha value is -2.61. The third-order valence-electron chi connectivity index (χ3n) is 4.31. The quantitative estimate of drug-likeness (QED) is 0.398. The Labute approximate surface area is 181 Å². The predicted molar refractivity (Wildman–Crippen MR) is 116 cm³/mol. The molecule has 0 spiro atoms. The maximum absolute atomic E-state index is 12.9. The zero-order valence-corrected chi connectivity index (χ0v) is 18.4. The van der Waals surface area contributed by atoms with Crippen LogP contribution in [0.25, 0.3) is 0 Å². The maximum atomic E-state index is 12.9. The van der Waals surface area contributed by atoms with E-state index in [1.165, 1.54) is 21.0 Å². The molecule has 3 atom stereocenters. The molecule has 0 radical (unpaired) electrons. The Bertz CT molecular complexity index is 736. The number of aryl methyl sites for hydroxylation is 1. The van der Waals surface area contributed by atoms with Crippen molar-refractivity contribution in [1.29, 1.82) is 0 Å². The van der Waals surface area contributed by atoms with Crippen molar-refractivity contribution in [3.05, 3.63) is 48.6 Å². The number of rotatable bonds is 12. The molecular weight excluding hydrogens is 406 g/mol. The van der Waals surface area contributed by atoms with Gasteiger partial charge in [0.05, 0.1) is 13.0 Å². The molecule has 0 saturated heterocycles. The largest absolute Gasteiger partial charge is 0.467 e. The Kier molecular flexibility index (Phi) is 11.5. The minimum atomic E-state index is -0.942. The van der Waals surface area contributed by atoms with Gasteiger partial charge in [-0.05, 0) is 24.8 Å². The standard InChI is InChI=1S/C22H29NO6S/c1-5-9-18(22(27)30-14-19(21(26)28-4)23-15(2)24)20(29-16(3)25)13-12-17-10-7-6-8-11-17/h5-8,10-11,18-20H,1,9,12-14H2,2-4H3,(H,23,24)/t18?,19-,20?/m1/s1. The van der Waals surface area contributed by atoms with Gasteiger partial charge in [0.25, 0.3) is 0 Å². The molecule has 1 aromatic carbocycles. The van der Waals surface area contributed by atoms with E-state index in [4.69, 9.17) is 4.74 Å². The third kappa shape index (κ3) is 9.26. The number of amides is 1. The number of esters is 2. The number of allylic oxidation sites excluding steroid dienone is 1. The van der Waals surface area contributed by atoms with Gasteiger partial charge < -0.3 is 14.8 Å². The van der Waals surface area contributed by atoms with Crippen LogP contribution in [0.5, 0.6) is 0 Å². The minimum Gasteiger partial charge on any atom is -0.467 e. The summed E-state index contributed by atoms with van der Waals surface area (Å²) in [5.41, 5.74) is 1.07. The fraction of sp³-hybridized carbons (Fsp3) is 0.455. The van der Waals surface area contributed by atoms with E-state index in [0.29, 0.717) is 19.3 Å². The smallest absolute Gasteiger partial charge is 0.329 e. The van der Waals surface area contributed by atoms with Crippen LogP contribution in [0, 0.1) is 5.92 Å². The molecule has 8 heteroatoms. The lowest BCUT2D eigenvalue weighted by Gasteiger charge is -2.25. The van der Waals surface area contributed by atoms with Gasteiger partial charge in [-0.2, -0.15) is 0 Å². The molecular formula is C22H29NO6S. The summed E-state index contributed by atoms with van der Waals surface area (Å²) in [6.07, 6.45) is 2.41. The van der Waals surface area contributed by atoms with Crippen molar-refractivity contribution in [2.75, 3.05) is 12.9 Å². The topological polar surface area (TPSA) is 98.8 Å². The molecule has 1 amide bonds. The van der Waals surface area contributed by atoms with Crippen molar-refractivity contribution in [1.82, 2.24) is 5.32 Å². The highest BCUT2D eigenvalue weighted by molar-refractivity contribution is 8.13. The average Bonchev–Trinajstić information content (AvgIpc) is 2.71. The Morgan fingerprint density at radius 2 is 1.83 bits per heavy atom. The van der Waals surface area contributed by atoms with E-state index >= 15 is 0 Å². The Morgan fingerprint density at radius 1 is 1.17 bits per heavy atom. The van der Waals surface area contributed by atoms with E-state index < -0.39 is 35.9 Å². The van der Waals surface area contributed by atoms with Gasteiger partial charge in [-0.15, -0.1) is 6.58 Å². The summed E-state index contributed by atoms with van der Waals surface area (Å²) in [4.78, 5) is 47.7. The van der Waals surface area contributed by atoms with Gasteiger partial charge in [0.15, 0.2) is 5.12 Å². The van der Waals surface area contributed by atoms with Crippen LogP contribution in [0.1, 0.15) is 32.3 Å². The van der Waals surface area contributed by atoms with E-state index in [1.54, 1.807) is 6.08 Å². The number of carbonyl (C=O) groups excluding carboxylic acids is 4. The van der Waals surface area contributed by atoms with Crippen LogP contribution >= 0.6 is 11.8 Å². The van der Waals surface area contributed by atoms with Crippen molar-refractivity contribution in [3.8, 4) is 0 Å². The molecule has 0 aliphatic carbocycles. The highest BCUT2D eigenvalue weighted by Crippen LogP contribution is 2.25. The first-order valence-electron chi connectivity index (χ1n) is 9.62. The van der Waals surface area contributed by atoms with Gasteiger partial charge in [-0.25, -0.2) is 4.79 Å². The molecule has 0 fully saturated rings. The van der Waals surface area contributed by atoms with Crippen LogP contribution in [0.2, 0.25) is 0 Å². The molecule has 7 nitrogen and oxygen atoms in total. The summed E-state index contributed by atoms with van der Waals surface area (Å²) < 4.78 is 10.1. The second kappa shape index (κ2) is 13.6. The molecule has 164 valence electrons. The van der Waals surface area contributed by atoms with Gasteiger partial charge in [0.1, 0.15) is 12.1 Å². The van der Waals surface area contributed by atoms with Crippen molar-refractivity contribution < 1.29 is 28.7 Å². The summed E-state index contributed by atoms with van der Waals surface area (Å²) in [5.74, 6) is -2.10. The zero-order chi connectivity index (χ0) is 22.5. The summed E-state index contributed by atoms with van der Waals surface area (Å²) in [6, 6.07) is 8.76. The van der Waals surface area contributed by atoms with E-state index in [-0.39, 0.29) is 10.9 Å². The molecule has 0 aliphatic heterocycles. The number of benzene rings is 1. The lowest BCUT2D eigenvalue weighted by molar-refractivity contribution is -0.150. The van der Waals surface area contributed by atoms with E-state index in [0.717, 1.165) is 17.3 Å². The Balaban J connectivity index is 2.88. The summed E-state index contributed by atoms with van der Waals surface area (Å²) in [6.45, 7) is 6.29. The molecule has 2 unspecified atom stereocenters. The lowest BCUT2D eigenvalue weighted by Crippen LogP contribution is -2.43. The minimum absolute atomic E-state index is 0.0181. The van der Waals surface area contributed by atoms with Crippen LogP contribution in [0.15, 0.2) is 43.0 Å². The van der Waals surface area contributed by atoms with Crippen molar-refractivity contribution in [2.24, 2.45) is 5.92 Å². The van der Waals surface area contributed by atoms with Crippen LogP contribution < -0.4 is 5.32 Å². The normalized spacial score (nSPS) is 13.4. The maximum Gasteiger partial charge on any atom is 0.329 e. The molecule has 30 heavy (non-hydrogen) atoms. The number of hydrogen-bond donors (Lipinski definition) is 1. The SMILES string of the molecule is C=CCC(C(=O)SC[C@@H](NC(C)=O)C(=O)OC)C(CCc1ccccc1)OC(C)=O. The molecule has 0 saturated carbocycles. The molecule has 0 heterocycles. The van der Waals surface area contributed by atoms with E-state index in [9.17, 15) is 19.2 Å². The van der Waals surface area contributed by atoms with E-state index in [2.05, 4.69) is 16.6 Å². The van der Waals surface area contributed by atoms with Gasteiger partial charge in [0.2, 0.25) is 5.91 Å². The first-order chi connectivity index (χ1) is 14.3. The van der Waals surface area contributed by atoms with Crippen LogP contribution in [0.4, 0.5) is 0 Å². The molecule has 0 aliphatic rings. The molecule has 1 rings (SSSR count). The molecule has 0 bridgehead atoms. The van der Waals surface area contributed by atoms with Crippen LogP contribution in [-0.2, 0) is 35.1 Å². The monoisotopic (exact) mass is 435 g/mol. The van der Waals surface area contributed by atoms with Gasteiger partial charge in [-0.3, -0.25) is 14.4 Å². The summed E-state index contributed by atoms with van der Waals surface area (Å²) in [5, 5.41) is 2.23. The van der Waals surface area contributed by atoms with Crippen molar-refractivity contribution >= 4 is 34.7 Å². The number of hydrogen-bond acceptors (Lipinski definition) is 7. The number of carbonyl (C=O) groups is 4. The fourth-order valence-electron chi connectivity index (χ4n) is 2.92. The first-order valence-corrected chi connectivity index (χ1v) is 10.6. The number of nitrogens with one attached hydrogen (secondary N) is 1. The van der Waals surface area contributed by atoms with Gasteiger partial charge in [-0.1, -0.05) is 48.2 Å². The molecule has 1 aromatic rings. The second-order valence-electron chi connectivity index (χ2n) is 6.71. The van der Waals surface area contributed by atoms with E-state index in [1.807, 2.05) is 30.3 Å². The lowest BCUT2D eigenvalue weighted by atomic mass is 9.94. The van der Waals surface area contributed by atoms with Crippen molar-refractivity contribution in [3.63, 3.8) is 0 Å². The number of ether oxygens (including phenoxy) is 2. The first kappa shape index (κ1) is 25.4. The van der Waals surface area contributed by atoms with Crippen LogP contribution in [0.3, 0.4) is 0 Å². The number of methoxy groups -OCH3 is 1. The van der Waals surface area contributed by atoms with Gasteiger partial charge in [0, 0.05) is 19.6 Å². The molecule has 1 N–H and O–H groups in total. The zero-order valence-electron chi connectivity index (χ0n) is 17.6. The molecule has 0 aromatic heterocycles. The van der Waals surface area contributed by atoms with Gasteiger partial charge >= 0.3 is 11.9 Å². The highest BCUT2D eigenvalue weighted by atomic mass is 32.2.